The Morgan fingerprint density at radius 3 is 2.73 bits per heavy atom. The van der Waals surface area contributed by atoms with Crippen LogP contribution in [-0.4, -0.2) is 19.9 Å². The van der Waals surface area contributed by atoms with Crippen LogP contribution in [0.15, 0.2) is 59.5 Å². The Hall–Kier alpha value is -2.92. The summed E-state index contributed by atoms with van der Waals surface area (Å²) in [6.45, 7) is -0.0208. The van der Waals surface area contributed by atoms with E-state index in [1.165, 1.54) is 4.68 Å². The normalized spacial score (nSPS) is 11.3. The number of hydrogen-bond donors (Lipinski definition) is 2. The van der Waals surface area contributed by atoms with E-state index in [0.717, 1.165) is 22.2 Å². The number of hydrogen-bond acceptors (Lipinski definition) is 3. The van der Waals surface area contributed by atoms with Crippen LogP contribution in [0.1, 0.15) is 5.56 Å². The highest BCUT2D eigenvalue weighted by atomic mass is 16.3. The molecular formula is C17H13N3O2. The summed E-state index contributed by atoms with van der Waals surface area (Å²) in [5.41, 5.74) is 3.46. The van der Waals surface area contributed by atoms with Crippen molar-refractivity contribution in [2.24, 2.45) is 0 Å². The van der Waals surface area contributed by atoms with Crippen LogP contribution in [0, 0.1) is 0 Å². The first-order valence-corrected chi connectivity index (χ1v) is 6.97. The first kappa shape index (κ1) is 12.8. The van der Waals surface area contributed by atoms with E-state index in [9.17, 15) is 9.90 Å². The van der Waals surface area contributed by atoms with E-state index < -0.39 is 0 Å². The number of aliphatic hydroxyl groups is 1. The van der Waals surface area contributed by atoms with E-state index in [1.807, 2.05) is 48.5 Å². The zero-order valence-electron chi connectivity index (χ0n) is 11.7. The van der Waals surface area contributed by atoms with Crippen molar-refractivity contribution in [2.75, 3.05) is 0 Å². The lowest BCUT2D eigenvalue weighted by molar-refractivity contribution is 0.282. The Morgan fingerprint density at radius 2 is 1.95 bits per heavy atom. The fourth-order valence-corrected chi connectivity index (χ4v) is 2.65. The van der Waals surface area contributed by atoms with Crippen LogP contribution in [0.25, 0.3) is 27.8 Å². The second-order valence-corrected chi connectivity index (χ2v) is 5.14. The molecule has 5 nitrogen and oxygen atoms in total. The lowest BCUT2D eigenvalue weighted by Gasteiger charge is -2.04. The smallest absolute Gasteiger partial charge is 0.282 e. The van der Waals surface area contributed by atoms with Gasteiger partial charge in [-0.2, -0.15) is 9.78 Å². The molecule has 0 bridgehead atoms. The van der Waals surface area contributed by atoms with Gasteiger partial charge in [0.05, 0.1) is 17.9 Å². The van der Waals surface area contributed by atoms with Crippen molar-refractivity contribution < 1.29 is 5.11 Å². The van der Waals surface area contributed by atoms with Gasteiger partial charge in [-0.15, -0.1) is 0 Å². The number of nitrogens with zero attached hydrogens (tertiary/aromatic N) is 2. The highest BCUT2D eigenvalue weighted by Gasteiger charge is 2.18. The van der Waals surface area contributed by atoms with Gasteiger partial charge in [-0.3, -0.25) is 4.79 Å². The number of rotatable bonds is 2. The van der Waals surface area contributed by atoms with Crippen LogP contribution in [0.5, 0.6) is 0 Å². The second kappa shape index (κ2) is 4.82. The zero-order chi connectivity index (χ0) is 15.1. The maximum Gasteiger partial charge on any atom is 0.282 e. The summed E-state index contributed by atoms with van der Waals surface area (Å²) in [7, 11) is 0. The Morgan fingerprint density at radius 1 is 1.14 bits per heavy atom. The van der Waals surface area contributed by atoms with Gasteiger partial charge >= 0.3 is 0 Å². The molecule has 4 rings (SSSR count). The third-order valence-electron chi connectivity index (χ3n) is 3.77. The molecule has 0 spiro atoms. The maximum absolute atomic E-state index is 12.5. The number of aromatic amines is 1. The molecule has 0 saturated heterocycles. The highest BCUT2D eigenvalue weighted by Crippen LogP contribution is 2.26. The molecule has 22 heavy (non-hydrogen) atoms. The van der Waals surface area contributed by atoms with Crippen LogP contribution in [0.3, 0.4) is 0 Å². The monoisotopic (exact) mass is 291 g/mol. The van der Waals surface area contributed by atoms with Crippen molar-refractivity contribution in [2.45, 2.75) is 6.61 Å². The first-order valence-electron chi connectivity index (χ1n) is 6.97. The first-order chi connectivity index (χ1) is 10.8. The molecule has 0 aromatic heterocycles. The van der Waals surface area contributed by atoms with Crippen molar-refractivity contribution in [3.63, 3.8) is 0 Å². The van der Waals surface area contributed by atoms with Gasteiger partial charge < -0.3 is 10.1 Å². The van der Waals surface area contributed by atoms with Gasteiger partial charge in [-0.1, -0.05) is 30.3 Å². The summed E-state index contributed by atoms with van der Waals surface area (Å²) in [5.74, 6) is 0. The molecule has 0 unspecified atom stereocenters. The number of H-pyrrole nitrogens is 1. The second-order valence-electron chi connectivity index (χ2n) is 5.14. The standard InChI is InChI=1S/C17H13N3O2/c21-10-11-6-7-13-15(8-11)18-9-14-16(13)19-20(17(14)22)12-4-2-1-3-5-12/h1-9,18,21H,10H2. The summed E-state index contributed by atoms with van der Waals surface area (Å²) in [6.07, 6.45) is 1.67. The molecule has 2 heterocycles. The number of benzene rings is 2. The topological polar surface area (TPSA) is 70.9 Å². The maximum atomic E-state index is 12.5. The molecule has 2 aliphatic rings. The SMILES string of the molecule is O=c1c2c[nH]c3cc(CO)ccc3c-2nn1-c1ccccc1. The van der Waals surface area contributed by atoms with E-state index in [4.69, 9.17) is 0 Å². The molecule has 2 aliphatic heterocycles. The molecule has 2 aromatic rings. The molecule has 0 amide bonds. The van der Waals surface area contributed by atoms with Gasteiger partial charge in [0.25, 0.3) is 5.56 Å². The molecule has 2 aromatic carbocycles. The van der Waals surface area contributed by atoms with Gasteiger partial charge in [-0.05, 0) is 23.8 Å². The number of nitrogens with one attached hydrogen (secondary N) is 1. The van der Waals surface area contributed by atoms with E-state index in [0.29, 0.717) is 11.3 Å². The number of aromatic nitrogens is 3. The minimum absolute atomic E-state index is 0.0208. The Bertz CT molecular complexity index is 986. The number of aliphatic hydroxyl groups excluding tert-OH is 1. The van der Waals surface area contributed by atoms with Gasteiger partial charge in [0, 0.05) is 17.1 Å². The average molecular weight is 291 g/mol. The van der Waals surface area contributed by atoms with E-state index in [-0.39, 0.29) is 12.2 Å². The van der Waals surface area contributed by atoms with Gasteiger partial charge in [0.2, 0.25) is 0 Å². The molecule has 0 fully saturated rings. The zero-order valence-corrected chi connectivity index (χ0v) is 11.7. The van der Waals surface area contributed by atoms with E-state index in [2.05, 4.69) is 10.1 Å². The number of fused-ring (bicyclic) bond motifs is 3. The van der Waals surface area contributed by atoms with Crippen molar-refractivity contribution in [1.82, 2.24) is 14.8 Å². The summed E-state index contributed by atoms with van der Waals surface area (Å²) < 4.78 is 1.41. The molecule has 108 valence electrons. The quantitative estimate of drug-likeness (QED) is 0.595. The molecule has 0 saturated carbocycles. The largest absolute Gasteiger partial charge is 0.392 e. The highest BCUT2D eigenvalue weighted by molar-refractivity contribution is 5.93. The molecule has 5 heteroatoms. The summed E-state index contributed by atoms with van der Waals surface area (Å²) in [4.78, 5) is 15.6. The molecule has 2 N–H and O–H groups in total. The summed E-state index contributed by atoms with van der Waals surface area (Å²) in [6, 6.07) is 14.9. The van der Waals surface area contributed by atoms with Crippen LogP contribution in [-0.2, 0) is 6.61 Å². The van der Waals surface area contributed by atoms with Gasteiger partial charge in [-0.25, -0.2) is 0 Å². The lowest BCUT2D eigenvalue weighted by atomic mass is 10.1. The predicted octanol–water partition coefficient (Wildman–Crippen LogP) is 2.31. The van der Waals surface area contributed by atoms with E-state index in [1.54, 1.807) is 6.20 Å². The third kappa shape index (κ3) is 1.83. The van der Waals surface area contributed by atoms with Gasteiger partial charge in [0.1, 0.15) is 5.69 Å². The Kier molecular flexibility index (Phi) is 2.80. The minimum Gasteiger partial charge on any atom is -0.392 e. The van der Waals surface area contributed by atoms with Crippen molar-refractivity contribution >= 4 is 10.9 Å². The van der Waals surface area contributed by atoms with Crippen LogP contribution >= 0.6 is 0 Å². The molecule has 0 radical (unpaired) electrons. The van der Waals surface area contributed by atoms with Crippen molar-refractivity contribution in [3.05, 3.63) is 70.6 Å². The van der Waals surface area contributed by atoms with Crippen molar-refractivity contribution in [3.8, 4) is 16.9 Å². The minimum atomic E-state index is -0.148. The number of pyridine rings is 1. The van der Waals surface area contributed by atoms with Crippen LogP contribution in [0.2, 0.25) is 0 Å². The van der Waals surface area contributed by atoms with Crippen LogP contribution in [0.4, 0.5) is 0 Å². The Labute approximate surface area is 125 Å². The molecule has 0 atom stereocenters. The summed E-state index contributed by atoms with van der Waals surface area (Å²) >= 11 is 0. The fourth-order valence-electron chi connectivity index (χ4n) is 2.65. The van der Waals surface area contributed by atoms with E-state index >= 15 is 0 Å². The van der Waals surface area contributed by atoms with Gasteiger partial charge in [0.15, 0.2) is 0 Å². The number of para-hydroxylation sites is 1. The summed E-state index contributed by atoms with van der Waals surface area (Å²) in [5, 5.41) is 14.6. The molecular weight excluding hydrogens is 278 g/mol. The third-order valence-corrected chi connectivity index (χ3v) is 3.77. The Balaban J connectivity index is 2.03. The fraction of sp³-hybridized carbons (Fsp3) is 0.0588. The predicted molar refractivity (Wildman–Crippen MR) is 84.2 cm³/mol. The van der Waals surface area contributed by atoms with Crippen LogP contribution < -0.4 is 5.56 Å². The lowest BCUT2D eigenvalue weighted by Crippen LogP contribution is -2.14. The van der Waals surface area contributed by atoms with Crippen molar-refractivity contribution in [1.29, 1.82) is 0 Å². The average Bonchev–Trinajstić information content (AvgIpc) is 2.92. The molecule has 0 aliphatic carbocycles.